The first kappa shape index (κ1) is 14.0. The molecule has 0 atom stereocenters. The molecular formula is C12H22N2O3. The van der Waals surface area contributed by atoms with E-state index in [4.69, 9.17) is 4.74 Å². The first-order valence-corrected chi connectivity index (χ1v) is 5.92. The molecule has 5 nitrogen and oxygen atoms in total. The molecular weight excluding hydrogens is 220 g/mol. The molecule has 0 aromatic rings. The Bertz CT molecular complexity index is 303. The van der Waals surface area contributed by atoms with Crippen LogP contribution in [0.5, 0.6) is 0 Å². The Morgan fingerprint density at radius 3 is 2.24 bits per heavy atom. The van der Waals surface area contributed by atoms with Crippen molar-refractivity contribution in [2.45, 2.75) is 39.2 Å². The van der Waals surface area contributed by atoms with Crippen molar-refractivity contribution in [3.63, 3.8) is 0 Å². The van der Waals surface area contributed by atoms with Gasteiger partial charge in [0, 0.05) is 19.2 Å². The zero-order chi connectivity index (χ0) is 13.1. The van der Waals surface area contributed by atoms with Gasteiger partial charge in [-0.05, 0) is 33.6 Å². The van der Waals surface area contributed by atoms with Crippen LogP contribution in [0, 0.1) is 5.41 Å². The molecule has 0 spiro atoms. The molecule has 1 aliphatic carbocycles. The number of carbonyl (C=O) groups excluding carboxylic acids is 2. The summed E-state index contributed by atoms with van der Waals surface area (Å²) in [4.78, 5) is 23.9. The van der Waals surface area contributed by atoms with E-state index >= 15 is 0 Å². The molecule has 2 amide bonds. The Labute approximate surface area is 102 Å². The second-order valence-corrected chi connectivity index (χ2v) is 5.53. The Kier molecular flexibility index (Phi) is 4.14. The van der Waals surface area contributed by atoms with Crippen molar-refractivity contribution in [3.8, 4) is 0 Å². The summed E-state index contributed by atoms with van der Waals surface area (Å²) in [5, 5.41) is 5.59. The van der Waals surface area contributed by atoms with Crippen LogP contribution in [0.25, 0.3) is 0 Å². The van der Waals surface area contributed by atoms with Crippen molar-refractivity contribution >= 4 is 11.8 Å². The van der Waals surface area contributed by atoms with Gasteiger partial charge in [-0.15, -0.1) is 0 Å². The average molecular weight is 242 g/mol. The van der Waals surface area contributed by atoms with Crippen molar-refractivity contribution in [3.05, 3.63) is 0 Å². The summed E-state index contributed by atoms with van der Waals surface area (Å²) in [6.07, 6.45) is 1.27. The molecule has 1 rings (SSSR count). The van der Waals surface area contributed by atoms with Crippen LogP contribution >= 0.6 is 0 Å². The molecule has 1 fully saturated rings. The fraction of sp³-hybridized carbons (Fsp3) is 0.833. The van der Waals surface area contributed by atoms with Crippen molar-refractivity contribution in [2.24, 2.45) is 5.41 Å². The standard InChI is InChI=1S/C12H22N2O3/c1-11(2,3)14-10(16)12(5-6-12)9(15)13-7-8-17-4/h5-8H2,1-4H3,(H,13,15)(H,14,16). The zero-order valence-corrected chi connectivity index (χ0v) is 11.1. The minimum atomic E-state index is -0.832. The number of carbonyl (C=O) groups is 2. The van der Waals surface area contributed by atoms with Gasteiger partial charge in [0.2, 0.25) is 11.8 Å². The van der Waals surface area contributed by atoms with Crippen LogP contribution in [-0.4, -0.2) is 37.6 Å². The van der Waals surface area contributed by atoms with Gasteiger partial charge in [-0.3, -0.25) is 9.59 Å². The van der Waals surface area contributed by atoms with Crippen LogP contribution < -0.4 is 10.6 Å². The second kappa shape index (κ2) is 5.04. The first-order chi connectivity index (χ1) is 7.82. The number of methoxy groups -OCH3 is 1. The molecule has 0 saturated heterocycles. The normalized spacial score (nSPS) is 17.4. The van der Waals surface area contributed by atoms with Gasteiger partial charge in [0.15, 0.2) is 0 Å². The average Bonchev–Trinajstić information content (AvgIpc) is 2.95. The van der Waals surface area contributed by atoms with Gasteiger partial charge in [-0.1, -0.05) is 0 Å². The number of rotatable bonds is 5. The van der Waals surface area contributed by atoms with Gasteiger partial charge < -0.3 is 15.4 Å². The van der Waals surface area contributed by atoms with E-state index in [0.29, 0.717) is 26.0 Å². The maximum absolute atomic E-state index is 12.0. The van der Waals surface area contributed by atoms with Crippen molar-refractivity contribution in [1.29, 1.82) is 0 Å². The van der Waals surface area contributed by atoms with Crippen LogP contribution in [-0.2, 0) is 14.3 Å². The van der Waals surface area contributed by atoms with Gasteiger partial charge in [0.25, 0.3) is 0 Å². The molecule has 2 N–H and O–H groups in total. The smallest absolute Gasteiger partial charge is 0.236 e. The van der Waals surface area contributed by atoms with E-state index in [1.165, 1.54) is 0 Å². The van der Waals surface area contributed by atoms with E-state index in [1.807, 2.05) is 20.8 Å². The molecule has 0 aromatic carbocycles. The Balaban J connectivity index is 2.51. The molecule has 0 bridgehead atoms. The highest BCUT2D eigenvalue weighted by molar-refractivity contribution is 6.08. The van der Waals surface area contributed by atoms with Gasteiger partial charge in [-0.25, -0.2) is 0 Å². The predicted octanol–water partition coefficient (Wildman–Crippen LogP) is 0.444. The molecule has 1 saturated carbocycles. The Morgan fingerprint density at radius 1 is 1.24 bits per heavy atom. The fourth-order valence-corrected chi connectivity index (χ4v) is 1.58. The van der Waals surface area contributed by atoms with E-state index in [-0.39, 0.29) is 17.4 Å². The lowest BCUT2D eigenvalue weighted by Crippen LogP contribution is -2.49. The van der Waals surface area contributed by atoms with E-state index in [2.05, 4.69) is 10.6 Å². The topological polar surface area (TPSA) is 67.4 Å². The molecule has 5 heteroatoms. The highest BCUT2D eigenvalue weighted by atomic mass is 16.5. The van der Waals surface area contributed by atoms with Crippen LogP contribution in [0.4, 0.5) is 0 Å². The van der Waals surface area contributed by atoms with E-state index in [1.54, 1.807) is 7.11 Å². The predicted molar refractivity (Wildman–Crippen MR) is 64.4 cm³/mol. The summed E-state index contributed by atoms with van der Waals surface area (Å²) in [5.41, 5.74) is -1.14. The molecule has 0 aliphatic heterocycles. The lowest BCUT2D eigenvalue weighted by Gasteiger charge is -2.24. The summed E-state index contributed by atoms with van der Waals surface area (Å²) in [5.74, 6) is -0.351. The lowest BCUT2D eigenvalue weighted by molar-refractivity contribution is -0.138. The minimum Gasteiger partial charge on any atom is -0.383 e. The van der Waals surface area contributed by atoms with Gasteiger partial charge in [-0.2, -0.15) is 0 Å². The highest BCUT2D eigenvalue weighted by Gasteiger charge is 2.56. The lowest BCUT2D eigenvalue weighted by atomic mass is 10.0. The summed E-state index contributed by atoms with van der Waals surface area (Å²) >= 11 is 0. The number of hydrogen-bond donors (Lipinski definition) is 2. The molecule has 98 valence electrons. The van der Waals surface area contributed by atoms with Gasteiger partial charge in [0.05, 0.1) is 6.61 Å². The van der Waals surface area contributed by atoms with Crippen molar-refractivity contribution in [1.82, 2.24) is 10.6 Å². The maximum Gasteiger partial charge on any atom is 0.236 e. The van der Waals surface area contributed by atoms with Crippen LogP contribution in [0.3, 0.4) is 0 Å². The first-order valence-electron chi connectivity index (χ1n) is 5.92. The monoisotopic (exact) mass is 242 g/mol. The molecule has 0 unspecified atom stereocenters. The third-order valence-electron chi connectivity index (χ3n) is 2.70. The second-order valence-electron chi connectivity index (χ2n) is 5.53. The number of nitrogens with one attached hydrogen (secondary N) is 2. The maximum atomic E-state index is 12.0. The largest absolute Gasteiger partial charge is 0.383 e. The van der Waals surface area contributed by atoms with Crippen LogP contribution in [0.1, 0.15) is 33.6 Å². The van der Waals surface area contributed by atoms with E-state index in [0.717, 1.165) is 0 Å². The Hall–Kier alpha value is -1.10. The Morgan fingerprint density at radius 2 is 1.82 bits per heavy atom. The third kappa shape index (κ3) is 3.70. The number of ether oxygens (including phenoxy) is 1. The minimum absolute atomic E-state index is 0.167. The summed E-state index contributed by atoms with van der Waals surface area (Å²) < 4.78 is 4.85. The number of amides is 2. The van der Waals surface area contributed by atoms with Crippen LogP contribution in [0.15, 0.2) is 0 Å². The highest BCUT2D eigenvalue weighted by Crippen LogP contribution is 2.46. The zero-order valence-electron chi connectivity index (χ0n) is 11.1. The quantitative estimate of drug-likeness (QED) is 0.543. The summed E-state index contributed by atoms with van der Waals surface area (Å²) in [6.45, 7) is 6.63. The van der Waals surface area contributed by atoms with E-state index in [9.17, 15) is 9.59 Å². The summed E-state index contributed by atoms with van der Waals surface area (Å²) in [7, 11) is 1.57. The fourth-order valence-electron chi connectivity index (χ4n) is 1.58. The SMILES string of the molecule is COCCNC(=O)C1(C(=O)NC(C)(C)C)CC1. The summed E-state index contributed by atoms with van der Waals surface area (Å²) in [6, 6.07) is 0. The third-order valence-corrected chi connectivity index (χ3v) is 2.70. The molecule has 0 radical (unpaired) electrons. The molecule has 17 heavy (non-hydrogen) atoms. The molecule has 0 heterocycles. The van der Waals surface area contributed by atoms with Crippen LogP contribution in [0.2, 0.25) is 0 Å². The molecule has 1 aliphatic rings. The van der Waals surface area contributed by atoms with Crippen molar-refractivity contribution < 1.29 is 14.3 Å². The number of hydrogen-bond acceptors (Lipinski definition) is 3. The van der Waals surface area contributed by atoms with Crippen molar-refractivity contribution in [2.75, 3.05) is 20.3 Å². The molecule has 0 aromatic heterocycles. The van der Waals surface area contributed by atoms with Gasteiger partial charge in [0.1, 0.15) is 5.41 Å². The van der Waals surface area contributed by atoms with Gasteiger partial charge >= 0.3 is 0 Å². The van der Waals surface area contributed by atoms with E-state index < -0.39 is 5.41 Å².